The van der Waals surface area contributed by atoms with Gasteiger partial charge in [-0.2, -0.15) is 5.48 Å². The molecule has 1 N–H and O–H groups in total. The predicted molar refractivity (Wildman–Crippen MR) is 67.2 cm³/mol. The fourth-order valence-electron chi connectivity index (χ4n) is 1.47. The highest BCUT2D eigenvalue weighted by Crippen LogP contribution is 2.23. The normalized spacial score (nSPS) is 12.4. The molecule has 0 spiro atoms. The molecule has 0 aliphatic carbocycles. The number of rotatable bonds is 7. The summed E-state index contributed by atoms with van der Waals surface area (Å²) in [5.41, 5.74) is 4.40. The first kappa shape index (κ1) is 14.6. The van der Waals surface area contributed by atoms with E-state index in [4.69, 9.17) is 9.57 Å². The lowest BCUT2D eigenvalue weighted by molar-refractivity contribution is -0.385. The van der Waals surface area contributed by atoms with Crippen LogP contribution in [0, 0.1) is 17.0 Å². The molecule has 0 fully saturated rings. The predicted octanol–water partition coefficient (Wildman–Crippen LogP) is 2.13. The number of nitrogens with one attached hydrogen (secondary N) is 1. The summed E-state index contributed by atoms with van der Waals surface area (Å²) in [6, 6.07) is 5.02. The summed E-state index contributed by atoms with van der Waals surface area (Å²) >= 11 is 0. The molecule has 1 atom stereocenters. The molecular formula is C12H18N2O4. The molecule has 100 valence electrons. The molecule has 0 aliphatic rings. The Morgan fingerprint density at radius 1 is 1.44 bits per heavy atom. The zero-order chi connectivity index (χ0) is 13.5. The van der Waals surface area contributed by atoms with Gasteiger partial charge in [0, 0.05) is 18.7 Å². The SMILES string of the molecule is COCCONC(C)c1ccc(C)c([N+](=O)[O-])c1. The number of hydroxylamine groups is 1. The van der Waals surface area contributed by atoms with Crippen molar-refractivity contribution in [2.75, 3.05) is 20.3 Å². The van der Waals surface area contributed by atoms with Gasteiger partial charge in [-0.05, 0) is 19.4 Å². The summed E-state index contributed by atoms with van der Waals surface area (Å²) in [7, 11) is 1.59. The molecule has 0 radical (unpaired) electrons. The van der Waals surface area contributed by atoms with Gasteiger partial charge in [-0.3, -0.25) is 15.0 Å². The van der Waals surface area contributed by atoms with E-state index in [0.717, 1.165) is 5.56 Å². The van der Waals surface area contributed by atoms with Crippen molar-refractivity contribution >= 4 is 5.69 Å². The zero-order valence-corrected chi connectivity index (χ0v) is 10.8. The van der Waals surface area contributed by atoms with Crippen LogP contribution in [0.4, 0.5) is 5.69 Å². The lowest BCUT2D eigenvalue weighted by Gasteiger charge is -2.14. The number of aryl methyl sites for hydroxylation is 1. The first-order valence-electron chi connectivity index (χ1n) is 5.67. The minimum atomic E-state index is -0.378. The molecule has 6 heteroatoms. The van der Waals surface area contributed by atoms with E-state index in [1.165, 1.54) is 0 Å². The number of benzene rings is 1. The highest BCUT2D eigenvalue weighted by atomic mass is 16.7. The van der Waals surface area contributed by atoms with Crippen LogP contribution in [0.2, 0.25) is 0 Å². The number of nitro benzene ring substituents is 1. The van der Waals surface area contributed by atoms with Gasteiger partial charge in [-0.15, -0.1) is 0 Å². The van der Waals surface area contributed by atoms with Gasteiger partial charge in [-0.25, -0.2) is 0 Å². The molecule has 1 aromatic carbocycles. The Hall–Kier alpha value is -1.50. The standard InChI is InChI=1S/C12H18N2O4/c1-9-4-5-11(8-12(9)14(15)16)10(2)13-18-7-6-17-3/h4-5,8,10,13H,6-7H2,1-3H3. The molecule has 0 aromatic heterocycles. The molecule has 1 unspecified atom stereocenters. The van der Waals surface area contributed by atoms with Crippen molar-refractivity contribution in [3.63, 3.8) is 0 Å². The average molecular weight is 254 g/mol. The second-order valence-electron chi connectivity index (χ2n) is 3.98. The van der Waals surface area contributed by atoms with E-state index in [1.54, 1.807) is 26.2 Å². The van der Waals surface area contributed by atoms with Gasteiger partial charge < -0.3 is 4.74 Å². The minimum Gasteiger partial charge on any atom is -0.382 e. The van der Waals surface area contributed by atoms with E-state index in [9.17, 15) is 10.1 Å². The minimum absolute atomic E-state index is 0.123. The van der Waals surface area contributed by atoms with E-state index < -0.39 is 0 Å². The smallest absolute Gasteiger partial charge is 0.272 e. The van der Waals surface area contributed by atoms with Gasteiger partial charge >= 0.3 is 0 Å². The van der Waals surface area contributed by atoms with Gasteiger partial charge in [0.05, 0.1) is 24.2 Å². The average Bonchev–Trinajstić information content (AvgIpc) is 2.34. The Kier molecular flexibility index (Phi) is 5.70. The molecule has 1 rings (SSSR count). The summed E-state index contributed by atoms with van der Waals surface area (Å²) in [5.74, 6) is 0. The number of hydrogen-bond acceptors (Lipinski definition) is 5. The maximum atomic E-state index is 10.8. The van der Waals surface area contributed by atoms with Crippen LogP contribution < -0.4 is 5.48 Å². The van der Waals surface area contributed by atoms with Crippen LogP contribution in [-0.2, 0) is 9.57 Å². The van der Waals surface area contributed by atoms with E-state index in [1.807, 2.05) is 13.0 Å². The highest BCUT2D eigenvalue weighted by Gasteiger charge is 2.14. The van der Waals surface area contributed by atoms with Crippen LogP contribution in [0.25, 0.3) is 0 Å². The van der Waals surface area contributed by atoms with Gasteiger partial charge in [0.15, 0.2) is 0 Å². The molecular weight excluding hydrogens is 236 g/mol. The van der Waals surface area contributed by atoms with Crippen LogP contribution >= 0.6 is 0 Å². The van der Waals surface area contributed by atoms with E-state index in [0.29, 0.717) is 18.8 Å². The molecule has 0 saturated carbocycles. The maximum Gasteiger partial charge on any atom is 0.272 e. The summed E-state index contributed by atoms with van der Waals surface area (Å²) in [4.78, 5) is 15.6. The second kappa shape index (κ2) is 7.05. The van der Waals surface area contributed by atoms with Crippen molar-refractivity contribution in [2.45, 2.75) is 19.9 Å². The molecule has 0 heterocycles. The van der Waals surface area contributed by atoms with Crippen molar-refractivity contribution < 1.29 is 14.5 Å². The third-order valence-corrected chi connectivity index (χ3v) is 2.58. The van der Waals surface area contributed by atoms with Crippen LogP contribution in [0.3, 0.4) is 0 Å². The van der Waals surface area contributed by atoms with Crippen LogP contribution in [0.5, 0.6) is 0 Å². The summed E-state index contributed by atoms with van der Waals surface area (Å²) < 4.78 is 4.84. The molecule has 6 nitrogen and oxygen atoms in total. The molecule has 0 aliphatic heterocycles. The van der Waals surface area contributed by atoms with Gasteiger partial charge in [-0.1, -0.05) is 12.1 Å². The third-order valence-electron chi connectivity index (χ3n) is 2.58. The Balaban J connectivity index is 2.65. The summed E-state index contributed by atoms with van der Waals surface area (Å²) in [5, 5.41) is 10.8. The van der Waals surface area contributed by atoms with E-state index in [2.05, 4.69) is 5.48 Å². The van der Waals surface area contributed by atoms with Crippen molar-refractivity contribution in [1.82, 2.24) is 5.48 Å². The Morgan fingerprint density at radius 3 is 2.78 bits per heavy atom. The van der Waals surface area contributed by atoms with Gasteiger partial charge in [0.2, 0.25) is 0 Å². The fourth-order valence-corrected chi connectivity index (χ4v) is 1.47. The number of methoxy groups -OCH3 is 1. The molecule has 0 bridgehead atoms. The highest BCUT2D eigenvalue weighted by molar-refractivity contribution is 5.43. The Bertz CT molecular complexity index is 409. The van der Waals surface area contributed by atoms with Gasteiger partial charge in [0.1, 0.15) is 0 Å². The molecule has 0 saturated heterocycles. The van der Waals surface area contributed by atoms with Crippen molar-refractivity contribution in [3.05, 3.63) is 39.4 Å². The molecule has 0 amide bonds. The fraction of sp³-hybridized carbons (Fsp3) is 0.500. The monoisotopic (exact) mass is 254 g/mol. The quantitative estimate of drug-likeness (QED) is 0.458. The first-order chi connectivity index (χ1) is 8.56. The van der Waals surface area contributed by atoms with Crippen molar-refractivity contribution in [2.24, 2.45) is 0 Å². The van der Waals surface area contributed by atoms with E-state index in [-0.39, 0.29) is 16.7 Å². The first-order valence-corrected chi connectivity index (χ1v) is 5.67. The third kappa shape index (κ3) is 4.06. The molecule has 1 aromatic rings. The number of nitrogens with zero attached hydrogens (tertiary/aromatic N) is 1. The second-order valence-corrected chi connectivity index (χ2v) is 3.98. The molecule has 18 heavy (non-hydrogen) atoms. The topological polar surface area (TPSA) is 73.6 Å². The van der Waals surface area contributed by atoms with Gasteiger partial charge in [0.25, 0.3) is 5.69 Å². The Morgan fingerprint density at radius 2 is 2.17 bits per heavy atom. The maximum absolute atomic E-state index is 10.8. The lowest BCUT2D eigenvalue weighted by atomic mass is 10.1. The number of nitro groups is 1. The number of hydrogen-bond donors (Lipinski definition) is 1. The van der Waals surface area contributed by atoms with Crippen LogP contribution in [-0.4, -0.2) is 25.2 Å². The Labute approximate surface area is 106 Å². The largest absolute Gasteiger partial charge is 0.382 e. The van der Waals surface area contributed by atoms with E-state index >= 15 is 0 Å². The van der Waals surface area contributed by atoms with Crippen LogP contribution in [0.1, 0.15) is 24.1 Å². The van der Waals surface area contributed by atoms with Crippen LogP contribution in [0.15, 0.2) is 18.2 Å². The van der Waals surface area contributed by atoms with Crippen molar-refractivity contribution in [3.8, 4) is 0 Å². The number of ether oxygens (including phenoxy) is 1. The zero-order valence-electron chi connectivity index (χ0n) is 10.8. The van der Waals surface area contributed by atoms with Crippen molar-refractivity contribution in [1.29, 1.82) is 0 Å². The summed E-state index contributed by atoms with van der Waals surface area (Å²) in [6.45, 7) is 4.51. The summed E-state index contributed by atoms with van der Waals surface area (Å²) in [6.07, 6.45) is 0. The lowest BCUT2D eigenvalue weighted by Crippen LogP contribution is -2.21.